The van der Waals surface area contributed by atoms with Gasteiger partial charge in [-0.05, 0) is 62.4 Å². The molecule has 0 aliphatic carbocycles. The van der Waals surface area contributed by atoms with E-state index in [0.717, 1.165) is 55.2 Å². The molecule has 0 unspecified atom stereocenters. The Bertz CT molecular complexity index is 352. The summed E-state index contributed by atoms with van der Waals surface area (Å²) >= 11 is 6.15. The maximum atomic E-state index is 6.15. The fourth-order valence-electron chi connectivity index (χ4n) is 1.70. The minimum atomic E-state index is 0.741. The van der Waals surface area contributed by atoms with Gasteiger partial charge in [-0.3, -0.25) is 0 Å². The molecule has 17 heavy (non-hydrogen) atoms. The Morgan fingerprint density at radius 2 is 2.06 bits per heavy atom. The standard InChI is InChI=1S/C14H22ClNO/c1-3-8-17-14-9-11(2)13(15)10-12(14)6-4-5-7-16/h9-10H,3-8,16H2,1-2H3. The maximum Gasteiger partial charge on any atom is 0.122 e. The van der Waals surface area contributed by atoms with Crippen LogP contribution in [0.5, 0.6) is 5.75 Å². The largest absolute Gasteiger partial charge is 0.493 e. The molecule has 0 fully saturated rings. The SMILES string of the molecule is CCCOc1cc(C)c(Cl)cc1CCCCN. The molecule has 0 atom stereocenters. The maximum absolute atomic E-state index is 6.15. The lowest BCUT2D eigenvalue weighted by Crippen LogP contribution is -2.02. The second kappa shape index (κ2) is 7.57. The number of aryl methyl sites for hydroxylation is 2. The van der Waals surface area contributed by atoms with Crippen molar-refractivity contribution in [3.05, 3.63) is 28.3 Å². The van der Waals surface area contributed by atoms with E-state index in [9.17, 15) is 0 Å². The van der Waals surface area contributed by atoms with Crippen molar-refractivity contribution in [2.45, 2.75) is 39.5 Å². The summed E-state index contributed by atoms with van der Waals surface area (Å²) in [6.45, 7) is 5.61. The molecule has 0 spiro atoms. The number of hydrogen-bond acceptors (Lipinski definition) is 2. The van der Waals surface area contributed by atoms with Crippen molar-refractivity contribution in [3.8, 4) is 5.75 Å². The van der Waals surface area contributed by atoms with Crippen molar-refractivity contribution in [2.24, 2.45) is 5.73 Å². The van der Waals surface area contributed by atoms with Crippen LogP contribution in [0.2, 0.25) is 5.02 Å². The molecule has 2 nitrogen and oxygen atoms in total. The number of nitrogens with two attached hydrogens (primary N) is 1. The van der Waals surface area contributed by atoms with Gasteiger partial charge in [-0.1, -0.05) is 18.5 Å². The van der Waals surface area contributed by atoms with E-state index >= 15 is 0 Å². The second-order valence-electron chi connectivity index (χ2n) is 4.30. The molecule has 96 valence electrons. The number of ether oxygens (including phenoxy) is 1. The van der Waals surface area contributed by atoms with Crippen molar-refractivity contribution < 1.29 is 4.74 Å². The van der Waals surface area contributed by atoms with E-state index in [1.54, 1.807) is 0 Å². The molecule has 0 radical (unpaired) electrons. The zero-order valence-electron chi connectivity index (χ0n) is 10.8. The first-order chi connectivity index (χ1) is 8.19. The smallest absolute Gasteiger partial charge is 0.122 e. The average Bonchev–Trinajstić information content (AvgIpc) is 2.32. The van der Waals surface area contributed by atoms with Crippen molar-refractivity contribution in [1.29, 1.82) is 0 Å². The fourth-order valence-corrected chi connectivity index (χ4v) is 1.88. The minimum Gasteiger partial charge on any atom is -0.493 e. The zero-order valence-corrected chi connectivity index (χ0v) is 11.5. The molecule has 0 aliphatic heterocycles. The molecule has 0 saturated carbocycles. The summed E-state index contributed by atoms with van der Waals surface area (Å²) in [5, 5.41) is 0.816. The van der Waals surface area contributed by atoms with E-state index in [2.05, 4.69) is 6.92 Å². The Labute approximate surface area is 109 Å². The molecule has 2 N–H and O–H groups in total. The van der Waals surface area contributed by atoms with Crippen LogP contribution in [0.25, 0.3) is 0 Å². The van der Waals surface area contributed by atoms with Gasteiger partial charge < -0.3 is 10.5 Å². The third kappa shape index (κ3) is 4.57. The summed E-state index contributed by atoms with van der Waals surface area (Å²) in [4.78, 5) is 0. The Morgan fingerprint density at radius 3 is 2.71 bits per heavy atom. The van der Waals surface area contributed by atoms with E-state index in [-0.39, 0.29) is 0 Å². The summed E-state index contributed by atoms with van der Waals surface area (Å²) in [5.74, 6) is 0.978. The molecule has 0 saturated heterocycles. The second-order valence-corrected chi connectivity index (χ2v) is 4.71. The quantitative estimate of drug-likeness (QED) is 0.754. The molecule has 1 aromatic carbocycles. The van der Waals surface area contributed by atoms with E-state index in [1.165, 1.54) is 5.56 Å². The number of rotatable bonds is 7. The monoisotopic (exact) mass is 255 g/mol. The van der Waals surface area contributed by atoms with Crippen LogP contribution in [0.15, 0.2) is 12.1 Å². The molecule has 0 aliphatic rings. The highest BCUT2D eigenvalue weighted by Crippen LogP contribution is 2.28. The molecular weight excluding hydrogens is 234 g/mol. The highest BCUT2D eigenvalue weighted by molar-refractivity contribution is 6.31. The topological polar surface area (TPSA) is 35.2 Å². The molecule has 0 heterocycles. The summed E-state index contributed by atoms with van der Waals surface area (Å²) in [6.07, 6.45) is 4.12. The first-order valence-electron chi connectivity index (χ1n) is 6.31. The van der Waals surface area contributed by atoms with E-state index in [1.807, 2.05) is 19.1 Å². The first kappa shape index (κ1) is 14.3. The fraction of sp³-hybridized carbons (Fsp3) is 0.571. The predicted molar refractivity (Wildman–Crippen MR) is 74.0 cm³/mol. The van der Waals surface area contributed by atoms with Crippen molar-refractivity contribution >= 4 is 11.6 Å². The van der Waals surface area contributed by atoms with Gasteiger partial charge in [0.1, 0.15) is 5.75 Å². The molecular formula is C14H22ClNO. The zero-order chi connectivity index (χ0) is 12.7. The van der Waals surface area contributed by atoms with Gasteiger partial charge >= 0.3 is 0 Å². The van der Waals surface area contributed by atoms with E-state index in [4.69, 9.17) is 22.1 Å². The Morgan fingerprint density at radius 1 is 1.29 bits per heavy atom. The van der Waals surface area contributed by atoms with Gasteiger partial charge in [0.05, 0.1) is 6.61 Å². The predicted octanol–water partition coefficient (Wildman–Crippen LogP) is 3.72. The summed E-state index contributed by atoms with van der Waals surface area (Å²) in [7, 11) is 0. The summed E-state index contributed by atoms with van der Waals surface area (Å²) in [5.41, 5.74) is 7.77. The van der Waals surface area contributed by atoms with Crippen molar-refractivity contribution in [3.63, 3.8) is 0 Å². The highest BCUT2D eigenvalue weighted by Gasteiger charge is 2.07. The van der Waals surface area contributed by atoms with Crippen LogP contribution in [0.4, 0.5) is 0 Å². The van der Waals surface area contributed by atoms with Gasteiger partial charge in [-0.2, -0.15) is 0 Å². The van der Waals surface area contributed by atoms with Crippen molar-refractivity contribution in [2.75, 3.05) is 13.2 Å². The number of benzene rings is 1. The molecule has 3 heteroatoms. The molecule has 0 aromatic heterocycles. The molecule has 1 rings (SSSR count). The Kier molecular flexibility index (Phi) is 6.38. The third-order valence-electron chi connectivity index (χ3n) is 2.70. The van der Waals surface area contributed by atoms with Gasteiger partial charge in [-0.25, -0.2) is 0 Å². The van der Waals surface area contributed by atoms with Gasteiger partial charge in [0, 0.05) is 5.02 Å². The lowest BCUT2D eigenvalue weighted by molar-refractivity contribution is 0.313. The van der Waals surface area contributed by atoms with E-state index < -0.39 is 0 Å². The van der Waals surface area contributed by atoms with E-state index in [0.29, 0.717) is 0 Å². The average molecular weight is 256 g/mol. The van der Waals surface area contributed by atoms with Gasteiger partial charge in [0.2, 0.25) is 0 Å². The lowest BCUT2D eigenvalue weighted by atomic mass is 10.0. The van der Waals surface area contributed by atoms with Gasteiger partial charge in [-0.15, -0.1) is 0 Å². The third-order valence-corrected chi connectivity index (χ3v) is 3.11. The minimum absolute atomic E-state index is 0.741. The molecule has 1 aromatic rings. The van der Waals surface area contributed by atoms with Crippen molar-refractivity contribution in [1.82, 2.24) is 0 Å². The molecule has 0 amide bonds. The van der Waals surface area contributed by atoms with Gasteiger partial charge in [0.15, 0.2) is 0 Å². The van der Waals surface area contributed by atoms with Crippen LogP contribution >= 0.6 is 11.6 Å². The summed E-state index contributed by atoms with van der Waals surface area (Å²) in [6, 6.07) is 4.06. The normalized spacial score (nSPS) is 10.6. The summed E-state index contributed by atoms with van der Waals surface area (Å²) < 4.78 is 5.76. The highest BCUT2D eigenvalue weighted by atomic mass is 35.5. The van der Waals surface area contributed by atoms with Crippen LogP contribution in [0.3, 0.4) is 0 Å². The Hall–Kier alpha value is -0.730. The van der Waals surface area contributed by atoms with Crippen LogP contribution < -0.4 is 10.5 Å². The van der Waals surface area contributed by atoms with Crippen LogP contribution in [-0.4, -0.2) is 13.2 Å². The van der Waals surface area contributed by atoms with Crippen LogP contribution in [-0.2, 0) is 6.42 Å². The number of halogens is 1. The van der Waals surface area contributed by atoms with Gasteiger partial charge in [0.25, 0.3) is 0 Å². The lowest BCUT2D eigenvalue weighted by Gasteiger charge is -2.13. The first-order valence-corrected chi connectivity index (χ1v) is 6.68. The molecule has 0 bridgehead atoms. The Balaban J connectivity index is 2.79. The van der Waals surface area contributed by atoms with Crippen LogP contribution in [0.1, 0.15) is 37.3 Å². The van der Waals surface area contributed by atoms with Crippen LogP contribution in [0, 0.1) is 6.92 Å². The number of unbranched alkanes of at least 4 members (excludes halogenated alkanes) is 1. The number of hydrogen-bond donors (Lipinski definition) is 1.